The van der Waals surface area contributed by atoms with Crippen LogP contribution in [-0.2, 0) is 4.79 Å². The number of nitrogen functional groups attached to an aromatic ring is 1. The second-order valence-electron chi connectivity index (χ2n) is 5.53. The van der Waals surface area contributed by atoms with Gasteiger partial charge in [-0.05, 0) is 50.0 Å². The number of hydrogen-bond donors (Lipinski definition) is 3. The van der Waals surface area contributed by atoms with Crippen molar-refractivity contribution in [2.75, 3.05) is 37.3 Å². The molecule has 1 aliphatic heterocycles. The summed E-state index contributed by atoms with van der Waals surface area (Å²) in [6.45, 7) is 3.11. The van der Waals surface area contributed by atoms with Crippen LogP contribution in [0.4, 0.5) is 11.4 Å². The quantitative estimate of drug-likeness (QED) is 0.702. The summed E-state index contributed by atoms with van der Waals surface area (Å²) in [4.78, 5) is 14.2. The number of aliphatic hydroxyl groups excluding tert-OH is 1. The van der Waals surface area contributed by atoms with Crippen LogP contribution >= 0.6 is 11.6 Å². The summed E-state index contributed by atoms with van der Waals surface area (Å²) < 4.78 is 0. The van der Waals surface area contributed by atoms with Gasteiger partial charge in [0.15, 0.2) is 0 Å². The molecule has 5 nitrogen and oxygen atoms in total. The number of halogens is 1. The van der Waals surface area contributed by atoms with Gasteiger partial charge in [0.2, 0.25) is 5.91 Å². The molecule has 6 heteroatoms. The number of amides is 1. The highest BCUT2D eigenvalue weighted by Gasteiger charge is 2.21. The molecule has 1 aromatic carbocycles. The number of carbonyl (C=O) groups is 1. The maximum Gasteiger partial charge on any atom is 0.224 e. The zero-order chi connectivity index (χ0) is 15.2. The van der Waals surface area contributed by atoms with Gasteiger partial charge in [-0.2, -0.15) is 0 Å². The van der Waals surface area contributed by atoms with E-state index in [2.05, 4.69) is 10.2 Å². The van der Waals surface area contributed by atoms with Crippen molar-refractivity contribution in [2.24, 2.45) is 5.92 Å². The minimum atomic E-state index is -0.0189. The van der Waals surface area contributed by atoms with E-state index in [1.54, 1.807) is 18.2 Å². The van der Waals surface area contributed by atoms with Crippen molar-refractivity contribution >= 4 is 28.9 Å². The first kappa shape index (κ1) is 16.1. The Balaban J connectivity index is 1.69. The standard InChI is InChI=1S/C15H22ClN3O2/c16-13-4-3-12(8-14(13)17)18-15(21)2-1-6-19-7-5-11(9-19)10-20/h3-4,8,11,20H,1-2,5-7,9-10,17H2,(H,18,21). The average molecular weight is 312 g/mol. The van der Waals surface area contributed by atoms with E-state index in [1.165, 1.54) is 0 Å². The summed E-state index contributed by atoms with van der Waals surface area (Å²) in [5.41, 5.74) is 6.82. The summed E-state index contributed by atoms with van der Waals surface area (Å²) in [6, 6.07) is 5.07. The third-order valence-electron chi connectivity index (χ3n) is 3.79. The molecular formula is C15H22ClN3O2. The number of rotatable bonds is 6. The molecule has 1 saturated heterocycles. The lowest BCUT2D eigenvalue weighted by atomic mass is 10.1. The highest BCUT2D eigenvalue weighted by Crippen LogP contribution is 2.22. The molecular weight excluding hydrogens is 290 g/mol. The number of anilines is 2. The van der Waals surface area contributed by atoms with Gasteiger partial charge in [0, 0.05) is 25.3 Å². The van der Waals surface area contributed by atoms with E-state index in [9.17, 15) is 4.79 Å². The molecule has 4 N–H and O–H groups in total. The molecule has 1 heterocycles. The Bertz CT molecular complexity index is 496. The number of likely N-dealkylation sites (tertiary alicyclic amines) is 1. The Morgan fingerprint density at radius 2 is 2.33 bits per heavy atom. The minimum absolute atomic E-state index is 0.0189. The lowest BCUT2D eigenvalue weighted by Gasteiger charge is -2.15. The van der Waals surface area contributed by atoms with Crippen LogP contribution in [0.25, 0.3) is 0 Å². The summed E-state index contributed by atoms with van der Waals surface area (Å²) in [7, 11) is 0. The molecule has 1 atom stereocenters. The van der Waals surface area contributed by atoms with Gasteiger partial charge in [0.25, 0.3) is 0 Å². The number of benzene rings is 1. The summed E-state index contributed by atoms with van der Waals surface area (Å²) in [5, 5.41) is 12.4. The summed E-state index contributed by atoms with van der Waals surface area (Å²) in [6.07, 6.45) is 2.34. The predicted octanol–water partition coefficient (Wildman–Crippen LogP) is 1.96. The fourth-order valence-electron chi connectivity index (χ4n) is 2.57. The van der Waals surface area contributed by atoms with E-state index in [0.29, 0.717) is 28.7 Å². The number of hydrogen-bond acceptors (Lipinski definition) is 4. The fourth-order valence-corrected chi connectivity index (χ4v) is 2.69. The largest absolute Gasteiger partial charge is 0.397 e. The van der Waals surface area contributed by atoms with E-state index in [4.69, 9.17) is 22.4 Å². The smallest absolute Gasteiger partial charge is 0.224 e. The Morgan fingerprint density at radius 1 is 1.52 bits per heavy atom. The highest BCUT2D eigenvalue weighted by atomic mass is 35.5. The van der Waals surface area contributed by atoms with Gasteiger partial charge in [0.05, 0.1) is 10.7 Å². The predicted molar refractivity (Wildman–Crippen MR) is 85.4 cm³/mol. The van der Waals surface area contributed by atoms with Crippen molar-refractivity contribution in [2.45, 2.75) is 19.3 Å². The molecule has 116 valence electrons. The van der Waals surface area contributed by atoms with Crippen molar-refractivity contribution in [3.63, 3.8) is 0 Å². The lowest BCUT2D eigenvalue weighted by molar-refractivity contribution is -0.116. The average Bonchev–Trinajstić information content (AvgIpc) is 2.91. The van der Waals surface area contributed by atoms with E-state index < -0.39 is 0 Å². The highest BCUT2D eigenvalue weighted by molar-refractivity contribution is 6.33. The molecule has 1 amide bonds. The first-order valence-corrected chi connectivity index (χ1v) is 7.64. The third kappa shape index (κ3) is 4.88. The Hall–Kier alpha value is -1.30. The molecule has 1 fully saturated rings. The van der Waals surface area contributed by atoms with Gasteiger partial charge < -0.3 is 21.1 Å². The molecule has 1 aromatic rings. The third-order valence-corrected chi connectivity index (χ3v) is 4.13. The van der Waals surface area contributed by atoms with E-state index in [-0.39, 0.29) is 12.5 Å². The van der Waals surface area contributed by atoms with Gasteiger partial charge in [-0.1, -0.05) is 11.6 Å². The molecule has 0 radical (unpaired) electrons. The van der Waals surface area contributed by atoms with Gasteiger partial charge in [0.1, 0.15) is 0 Å². The number of aliphatic hydroxyl groups is 1. The number of nitrogens with one attached hydrogen (secondary N) is 1. The van der Waals surface area contributed by atoms with Crippen LogP contribution in [0.1, 0.15) is 19.3 Å². The first-order chi connectivity index (χ1) is 10.1. The van der Waals surface area contributed by atoms with Gasteiger partial charge >= 0.3 is 0 Å². The van der Waals surface area contributed by atoms with Crippen molar-refractivity contribution < 1.29 is 9.90 Å². The fraction of sp³-hybridized carbons (Fsp3) is 0.533. The number of nitrogens with zero attached hydrogens (tertiary/aromatic N) is 1. The van der Waals surface area contributed by atoms with Crippen LogP contribution in [0.15, 0.2) is 18.2 Å². The summed E-state index contributed by atoms with van der Waals surface area (Å²) >= 11 is 5.84. The molecule has 1 aliphatic rings. The van der Waals surface area contributed by atoms with Crippen molar-refractivity contribution in [3.05, 3.63) is 23.2 Å². The van der Waals surface area contributed by atoms with Gasteiger partial charge in [-0.15, -0.1) is 0 Å². The molecule has 0 saturated carbocycles. The maximum atomic E-state index is 11.9. The first-order valence-electron chi connectivity index (χ1n) is 7.26. The van der Waals surface area contributed by atoms with E-state index in [1.807, 2.05) is 0 Å². The molecule has 0 bridgehead atoms. The zero-order valence-corrected chi connectivity index (χ0v) is 12.8. The maximum absolute atomic E-state index is 11.9. The van der Waals surface area contributed by atoms with Crippen molar-refractivity contribution in [1.29, 1.82) is 0 Å². The number of nitrogens with two attached hydrogens (primary N) is 1. The lowest BCUT2D eigenvalue weighted by Crippen LogP contribution is -2.24. The van der Waals surface area contributed by atoms with Crippen molar-refractivity contribution in [1.82, 2.24) is 4.90 Å². The normalized spacial score (nSPS) is 18.9. The Morgan fingerprint density at radius 3 is 3.00 bits per heavy atom. The molecule has 0 spiro atoms. The monoisotopic (exact) mass is 311 g/mol. The zero-order valence-electron chi connectivity index (χ0n) is 12.0. The van der Waals surface area contributed by atoms with Gasteiger partial charge in [-0.25, -0.2) is 0 Å². The minimum Gasteiger partial charge on any atom is -0.397 e. The Labute approximate surface area is 130 Å². The topological polar surface area (TPSA) is 78.6 Å². The molecule has 0 aliphatic carbocycles. The van der Waals surface area contributed by atoms with E-state index >= 15 is 0 Å². The van der Waals surface area contributed by atoms with Crippen LogP contribution < -0.4 is 11.1 Å². The van der Waals surface area contributed by atoms with Crippen LogP contribution in [0.3, 0.4) is 0 Å². The van der Waals surface area contributed by atoms with Crippen LogP contribution in [0.2, 0.25) is 5.02 Å². The molecule has 1 unspecified atom stereocenters. The van der Waals surface area contributed by atoms with E-state index in [0.717, 1.165) is 32.5 Å². The number of carbonyl (C=O) groups excluding carboxylic acids is 1. The van der Waals surface area contributed by atoms with Crippen LogP contribution in [0.5, 0.6) is 0 Å². The van der Waals surface area contributed by atoms with Crippen LogP contribution in [0, 0.1) is 5.92 Å². The van der Waals surface area contributed by atoms with Crippen LogP contribution in [-0.4, -0.2) is 42.2 Å². The van der Waals surface area contributed by atoms with Crippen molar-refractivity contribution in [3.8, 4) is 0 Å². The molecule has 0 aromatic heterocycles. The molecule has 2 rings (SSSR count). The van der Waals surface area contributed by atoms with Gasteiger partial charge in [-0.3, -0.25) is 4.79 Å². The second kappa shape index (κ2) is 7.64. The molecule has 21 heavy (non-hydrogen) atoms. The second-order valence-corrected chi connectivity index (χ2v) is 5.93. The summed E-state index contributed by atoms with van der Waals surface area (Å²) in [5.74, 6) is 0.380. The SMILES string of the molecule is Nc1cc(NC(=O)CCCN2CCC(CO)C2)ccc1Cl. The Kier molecular flexibility index (Phi) is 5.85.